The number of amides is 1. The predicted molar refractivity (Wildman–Crippen MR) is 85.1 cm³/mol. The Morgan fingerprint density at radius 1 is 1.23 bits per heavy atom. The molecular formula is C16H17F8N3O3. The number of aromatic nitrogens is 1. The molecule has 2 N–H and O–H groups in total. The van der Waals surface area contributed by atoms with Gasteiger partial charge in [0.2, 0.25) is 11.8 Å². The van der Waals surface area contributed by atoms with Crippen molar-refractivity contribution in [3.05, 3.63) is 17.4 Å². The number of carbonyl (C=O) groups excluding carboxylic acids is 1. The minimum atomic E-state index is -6.54. The predicted octanol–water partition coefficient (Wildman–Crippen LogP) is 2.81. The summed E-state index contributed by atoms with van der Waals surface area (Å²) in [6.45, 7) is -2.11. The summed E-state index contributed by atoms with van der Waals surface area (Å²) in [4.78, 5) is 15.3. The number of hydrogen-bond donors (Lipinski definition) is 2. The van der Waals surface area contributed by atoms with E-state index in [4.69, 9.17) is 4.74 Å². The van der Waals surface area contributed by atoms with Crippen molar-refractivity contribution in [2.24, 2.45) is 0 Å². The molecule has 1 saturated heterocycles. The van der Waals surface area contributed by atoms with E-state index < -0.39 is 48.2 Å². The van der Waals surface area contributed by atoms with E-state index >= 15 is 0 Å². The summed E-state index contributed by atoms with van der Waals surface area (Å²) in [5, 5.41) is 5.41. The quantitative estimate of drug-likeness (QED) is 0.595. The molecule has 0 aromatic carbocycles. The molecule has 1 fully saturated rings. The fourth-order valence-electron chi connectivity index (χ4n) is 2.57. The van der Waals surface area contributed by atoms with Gasteiger partial charge in [-0.2, -0.15) is 35.7 Å². The third-order valence-electron chi connectivity index (χ3n) is 4.21. The van der Waals surface area contributed by atoms with Crippen molar-refractivity contribution in [2.45, 2.75) is 43.4 Å². The molecule has 14 heteroatoms. The summed E-state index contributed by atoms with van der Waals surface area (Å²) in [7, 11) is 1.06. The first-order valence-corrected chi connectivity index (χ1v) is 8.50. The van der Waals surface area contributed by atoms with Crippen LogP contribution < -0.4 is 20.1 Å². The molecule has 170 valence electrons. The van der Waals surface area contributed by atoms with Crippen molar-refractivity contribution in [1.82, 2.24) is 15.6 Å². The van der Waals surface area contributed by atoms with Crippen molar-refractivity contribution in [1.29, 1.82) is 0 Å². The Kier molecular flexibility index (Phi) is 6.99. The first-order valence-electron chi connectivity index (χ1n) is 8.50. The number of nitrogens with zero attached hydrogens (tertiary/aromatic N) is 1. The van der Waals surface area contributed by atoms with Gasteiger partial charge in [-0.3, -0.25) is 4.79 Å². The van der Waals surface area contributed by atoms with Crippen LogP contribution in [0.5, 0.6) is 11.8 Å². The average molecular weight is 451 g/mol. The highest BCUT2D eigenvalue weighted by atomic mass is 19.4. The summed E-state index contributed by atoms with van der Waals surface area (Å²) < 4.78 is 112. The van der Waals surface area contributed by atoms with Gasteiger partial charge in [0.1, 0.15) is 0 Å². The molecule has 0 bridgehead atoms. The van der Waals surface area contributed by atoms with E-state index in [9.17, 15) is 39.9 Å². The smallest absolute Gasteiger partial charge is 0.460 e. The van der Waals surface area contributed by atoms with Gasteiger partial charge in [-0.15, -0.1) is 0 Å². The van der Waals surface area contributed by atoms with Crippen LogP contribution in [0.1, 0.15) is 18.4 Å². The van der Waals surface area contributed by atoms with Crippen LogP contribution in [0.3, 0.4) is 0 Å². The number of pyridine rings is 1. The summed E-state index contributed by atoms with van der Waals surface area (Å²) in [5.74, 6) is -15.6. The molecule has 1 aliphatic rings. The van der Waals surface area contributed by atoms with Crippen LogP contribution in [-0.4, -0.2) is 55.2 Å². The summed E-state index contributed by atoms with van der Waals surface area (Å²) in [6.07, 6.45) is -5.15. The van der Waals surface area contributed by atoms with Crippen LogP contribution in [0, 0.1) is 5.82 Å². The maximum Gasteiger partial charge on any atom is 0.460 e. The number of alkyl halides is 7. The Morgan fingerprint density at radius 2 is 1.90 bits per heavy atom. The topological polar surface area (TPSA) is 72.5 Å². The highest BCUT2D eigenvalue weighted by Gasteiger charge is 2.73. The minimum Gasteiger partial charge on any atom is -0.481 e. The largest absolute Gasteiger partial charge is 0.481 e. The Balaban J connectivity index is 2.10. The fraction of sp³-hybridized carbons (Fsp3) is 0.625. The maximum absolute atomic E-state index is 14.1. The van der Waals surface area contributed by atoms with Crippen LogP contribution in [0.2, 0.25) is 0 Å². The molecule has 6 nitrogen and oxygen atoms in total. The van der Waals surface area contributed by atoms with Gasteiger partial charge >= 0.3 is 18.0 Å². The number of ether oxygens (including phenoxy) is 2. The number of halogens is 8. The Bertz CT molecular complexity index is 767. The van der Waals surface area contributed by atoms with Gasteiger partial charge in [-0.05, 0) is 25.5 Å². The molecule has 30 heavy (non-hydrogen) atoms. The lowest BCUT2D eigenvalue weighted by molar-refractivity contribution is -0.358. The first kappa shape index (κ1) is 23.9. The van der Waals surface area contributed by atoms with Gasteiger partial charge < -0.3 is 20.1 Å². The zero-order valence-corrected chi connectivity index (χ0v) is 15.4. The molecular weight excluding hydrogens is 434 g/mol. The van der Waals surface area contributed by atoms with E-state index in [-0.39, 0.29) is 18.0 Å². The van der Waals surface area contributed by atoms with Crippen LogP contribution >= 0.6 is 0 Å². The molecule has 0 saturated carbocycles. The number of hydrogen-bond acceptors (Lipinski definition) is 5. The number of carbonyl (C=O) groups is 1. The van der Waals surface area contributed by atoms with E-state index in [1.54, 1.807) is 0 Å². The molecule has 0 aliphatic carbocycles. The molecule has 2 rings (SSSR count). The molecule has 1 amide bonds. The Labute approximate surface area is 164 Å². The average Bonchev–Trinajstić information content (AvgIpc) is 3.19. The Hall–Kier alpha value is -2.38. The van der Waals surface area contributed by atoms with E-state index in [0.29, 0.717) is 19.0 Å². The van der Waals surface area contributed by atoms with Crippen molar-refractivity contribution in [3.63, 3.8) is 0 Å². The molecule has 1 aromatic heterocycles. The van der Waals surface area contributed by atoms with Crippen molar-refractivity contribution in [3.8, 4) is 11.8 Å². The van der Waals surface area contributed by atoms with E-state index in [2.05, 4.69) is 20.4 Å². The van der Waals surface area contributed by atoms with Crippen molar-refractivity contribution < 1.29 is 49.4 Å². The van der Waals surface area contributed by atoms with Crippen LogP contribution in [0.15, 0.2) is 6.07 Å². The molecule has 2 heterocycles. The first-order chi connectivity index (χ1) is 13.8. The Morgan fingerprint density at radius 3 is 2.43 bits per heavy atom. The molecule has 1 aromatic rings. The summed E-state index contributed by atoms with van der Waals surface area (Å²) in [6, 6.07) is 0.234. The SMILES string of the molecule is COc1nc(OCC(F)(F)C(F)(F)C(F)(F)F)c(F)cc1CNC(=O)C1CCCN1. The molecule has 0 spiro atoms. The highest BCUT2D eigenvalue weighted by Crippen LogP contribution is 2.46. The second-order valence-corrected chi connectivity index (χ2v) is 6.38. The third kappa shape index (κ3) is 5.02. The van der Waals surface area contributed by atoms with Gasteiger partial charge in [-0.1, -0.05) is 0 Å². The van der Waals surface area contributed by atoms with Gasteiger partial charge in [0.05, 0.1) is 13.2 Å². The normalized spacial score (nSPS) is 17.7. The second kappa shape index (κ2) is 8.78. The van der Waals surface area contributed by atoms with Crippen LogP contribution in [-0.2, 0) is 11.3 Å². The van der Waals surface area contributed by atoms with E-state index in [1.807, 2.05) is 0 Å². The second-order valence-electron chi connectivity index (χ2n) is 6.38. The number of methoxy groups -OCH3 is 1. The lowest BCUT2D eigenvalue weighted by Gasteiger charge is -2.27. The highest BCUT2D eigenvalue weighted by molar-refractivity contribution is 5.82. The summed E-state index contributed by atoms with van der Waals surface area (Å²) >= 11 is 0. The third-order valence-corrected chi connectivity index (χ3v) is 4.21. The molecule has 1 unspecified atom stereocenters. The fourth-order valence-corrected chi connectivity index (χ4v) is 2.57. The van der Waals surface area contributed by atoms with Crippen molar-refractivity contribution in [2.75, 3.05) is 20.3 Å². The van der Waals surface area contributed by atoms with Gasteiger partial charge in [0.25, 0.3) is 5.88 Å². The van der Waals surface area contributed by atoms with Gasteiger partial charge in [0, 0.05) is 12.1 Å². The van der Waals surface area contributed by atoms with Crippen LogP contribution in [0.4, 0.5) is 35.1 Å². The van der Waals surface area contributed by atoms with Crippen LogP contribution in [0.25, 0.3) is 0 Å². The van der Waals surface area contributed by atoms with E-state index in [1.165, 1.54) is 0 Å². The monoisotopic (exact) mass is 451 g/mol. The standard InChI is InChI=1S/C16H17F8N3O3/c1-29-12-8(6-26-11(28)10-3-2-4-25-10)5-9(17)13(27-12)30-7-14(18,19)15(20,21)16(22,23)24/h5,10,25H,2-4,6-7H2,1H3,(H,26,28). The van der Waals surface area contributed by atoms with Crippen molar-refractivity contribution >= 4 is 5.91 Å². The number of nitrogens with one attached hydrogen (secondary N) is 2. The minimum absolute atomic E-state index is 0.0407. The molecule has 0 radical (unpaired) electrons. The zero-order chi connectivity index (χ0) is 22.7. The summed E-state index contributed by atoms with van der Waals surface area (Å²) in [5.41, 5.74) is -0.0407. The lowest BCUT2D eigenvalue weighted by atomic mass is 10.2. The van der Waals surface area contributed by atoms with Gasteiger partial charge in [0.15, 0.2) is 12.4 Å². The lowest BCUT2D eigenvalue weighted by Crippen LogP contribution is -2.54. The van der Waals surface area contributed by atoms with E-state index in [0.717, 1.165) is 13.5 Å². The molecule has 1 atom stereocenters. The zero-order valence-electron chi connectivity index (χ0n) is 15.4. The number of rotatable bonds is 8. The molecule has 1 aliphatic heterocycles. The van der Waals surface area contributed by atoms with Gasteiger partial charge in [-0.25, -0.2) is 4.39 Å². The maximum atomic E-state index is 14.1.